The van der Waals surface area contributed by atoms with Crippen LogP contribution >= 0.6 is 11.3 Å². The van der Waals surface area contributed by atoms with Gasteiger partial charge in [-0.2, -0.15) is 0 Å². The number of guanidine groups is 1. The zero-order valence-electron chi connectivity index (χ0n) is 11.9. The quantitative estimate of drug-likeness (QED) is 0.658. The first-order valence-corrected chi connectivity index (χ1v) is 7.95. The fourth-order valence-electron chi connectivity index (χ4n) is 2.42. The van der Waals surface area contributed by atoms with Gasteiger partial charge in [0.1, 0.15) is 0 Å². The average molecular weight is 280 g/mol. The molecule has 0 aliphatic heterocycles. The molecule has 0 radical (unpaired) electrons. The highest BCUT2D eigenvalue weighted by atomic mass is 32.1. The molecule has 19 heavy (non-hydrogen) atoms. The Morgan fingerprint density at radius 1 is 1.53 bits per heavy atom. The largest absolute Gasteiger partial charge is 0.370 e. The molecule has 0 saturated heterocycles. The molecule has 0 amide bonds. The second-order valence-electron chi connectivity index (χ2n) is 5.42. The van der Waals surface area contributed by atoms with Crippen LogP contribution in [0.2, 0.25) is 0 Å². The van der Waals surface area contributed by atoms with Crippen LogP contribution in [0.5, 0.6) is 0 Å². The number of aromatic nitrogens is 1. The average Bonchev–Trinajstić information content (AvgIpc) is 2.84. The summed E-state index contributed by atoms with van der Waals surface area (Å²) in [5.41, 5.74) is 5.96. The molecule has 5 heteroatoms. The molecule has 1 fully saturated rings. The summed E-state index contributed by atoms with van der Waals surface area (Å²) in [7, 11) is 0. The lowest BCUT2D eigenvalue weighted by atomic mass is 9.96. The Morgan fingerprint density at radius 2 is 2.26 bits per heavy atom. The second kappa shape index (κ2) is 6.89. The van der Waals surface area contributed by atoms with Gasteiger partial charge in [-0.25, -0.2) is 4.98 Å². The van der Waals surface area contributed by atoms with Gasteiger partial charge in [0.15, 0.2) is 5.96 Å². The normalized spacial score (nSPS) is 19.4. The van der Waals surface area contributed by atoms with Crippen LogP contribution in [0.4, 0.5) is 0 Å². The lowest BCUT2D eigenvalue weighted by Gasteiger charge is -2.23. The molecule has 1 aliphatic carbocycles. The van der Waals surface area contributed by atoms with E-state index >= 15 is 0 Å². The number of nitrogens with one attached hydrogen (secondary N) is 1. The molecule has 1 atom stereocenters. The summed E-state index contributed by atoms with van der Waals surface area (Å²) in [6.45, 7) is 4.93. The van der Waals surface area contributed by atoms with Gasteiger partial charge in [-0.05, 0) is 19.8 Å². The lowest BCUT2D eigenvalue weighted by Crippen LogP contribution is -2.41. The van der Waals surface area contributed by atoms with Gasteiger partial charge in [-0.3, -0.25) is 4.99 Å². The van der Waals surface area contributed by atoms with Crippen LogP contribution < -0.4 is 11.1 Å². The Morgan fingerprint density at radius 3 is 2.89 bits per heavy atom. The highest BCUT2D eigenvalue weighted by molar-refractivity contribution is 7.11. The first kappa shape index (κ1) is 14.3. The second-order valence-corrected chi connectivity index (χ2v) is 6.68. The number of thiazole rings is 1. The van der Waals surface area contributed by atoms with Crippen molar-refractivity contribution in [1.82, 2.24) is 10.3 Å². The Bertz CT molecular complexity index is 421. The summed E-state index contributed by atoms with van der Waals surface area (Å²) >= 11 is 1.74. The fourth-order valence-corrected chi connectivity index (χ4v) is 3.23. The maximum absolute atomic E-state index is 5.96. The van der Waals surface area contributed by atoms with E-state index in [0.29, 0.717) is 24.5 Å². The molecule has 0 aromatic carbocycles. The van der Waals surface area contributed by atoms with E-state index in [2.05, 4.69) is 29.1 Å². The zero-order chi connectivity index (χ0) is 13.7. The summed E-state index contributed by atoms with van der Waals surface area (Å²) in [6.07, 6.45) is 8.33. The third-order valence-electron chi connectivity index (χ3n) is 3.55. The van der Waals surface area contributed by atoms with Crippen LogP contribution in [0.3, 0.4) is 0 Å². The van der Waals surface area contributed by atoms with Crippen LogP contribution in [-0.2, 0) is 0 Å². The van der Waals surface area contributed by atoms with E-state index in [1.54, 1.807) is 11.3 Å². The summed E-state index contributed by atoms with van der Waals surface area (Å²) in [5, 5.41) is 4.49. The molecule has 0 bridgehead atoms. The van der Waals surface area contributed by atoms with Gasteiger partial charge in [0.25, 0.3) is 0 Å². The smallest absolute Gasteiger partial charge is 0.188 e. The molecule has 1 aromatic heterocycles. The maximum Gasteiger partial charge on any atom is 0.188 e. The molecular formula is C14H24N4S. The van der Waals surface area contributed by atoms with E-state index < -0.39 is 0 Å². The number of hydrogen-bond donors (Lipinski definition) is 2. The summed E-state index contributed by atoms with van der Waals surface area (Å²) < 4.78 is 0. The third-order valence-corrected chi connectivity index (χ3v) is 4.70. The van der Waals surface area contributed by atoms with Crippen molar-refractivity contribution in [3.63, 3.8) is 0 Å². The van der Waals surface area contributed by atoms with Crippen molar-refractivity contribution < 1.29 is 0 Å². The van der Waals surface area contributed by atoms with Gasteiger partial charge in [-0.15, -0.1) is 11.3 Å². The van der Waals surface area contributed by atoms with Gasteiger partial charge < -0.3 is 11.1 Å². The SMILES string of the molecule is Cc1cnc(C(C)CN=C(N)NC2CCCCC2)s1. The first-order valence-electron chi connectivity index (χ1n) is 7.14. The molecule has 2 rings (SSSR count). The summed E-state index contributed by atoms with van der Waals surface area (Å²) in [4.78, 5) is 10.1. The van der Waals surface area contributed by atoms with Crippen LogP contribution in [0.15, 0.2) is 11.2 Å². The molecule has 1 aliphatic rings. The van der Waals surface area contributed by atoms with E-state index in [-0.39, 0.29) is 0 Å². The van der Waals surface area contributed by atoms with Crippen LogP contribution in [0.25, 0.3) is 0 Å². The van der Waals surface area contributed by atoms with E-state index in [0.717, 1.165) is 5.01 Å². The fraction of sp³-hybridized carbons (Fsp3) is 0.714. The molecule has 0 spiro atoms. The van der Waals surface area contributed by atoms with Crippen molar-refractivity contribution in [2.45, 2.75) is 57.9 Å². The Kier molecular flexibility index (Phi) is 5.19. The monoisotopic (exact) mass is 280 g/mol. The van der Waals surface area contributed by atoms with Gasteiger partial charge in [-0.1, -0.05) is 26.2 Å². The predicted molar refractivity (Wildman–Crippen MR) is 81.8 cm³/mol. The third kappa shape index (κ3) is 4.49. The number of aryl methyl sites for hydroxylation is 1. The Labute approximate surface area is 119 Å². The lowest BCUT2D eigenvalue weighted by molar-refractivity contribution is 0.412. The van der Waals surface area contributed by atoms with Crippen molar-refractivity contribution in [2.24, 2.45) is 10.7 Å². The molecule has 1 unspecified atom stereocenters. The van der Waals surface area contributed by atoms with Crippen molar-refractivity contribution in [3.8, 4) is 0 Å². The predicted octanol–water partition coefficient (Wildman–Crippen LogP) is 2.79. The number of hydrogen-bond acceptors (Lipinski definition) is 3. The molecule has 1 heterocycles. The molecule has 1 saturated carbocycles. The van der Waals surface area contributed by atoms with Crippen LogP contribution in [-0.4, -0.2) is 23.5 Å². The van der Waals surface area contributed by atoms with Crippen molar-refractivity contribution in [2.75, 3.05) is 6.54 Å². The number of rotatable bonds is 4. The number of aliphatic imine (C=N–C) groups is 1. The summed E-state index contributed by atoms with van der Waals surface area (Å²) in [5.74, 6) is 0.928. The van der Waals surface area contributed by atoms with Crippen molar-refractivity contribution in [1.29, 1.82) is 0 Å². The van der Waals surface area contributed by atoms with E-state index in [1.807, 2.05) is 6.20 Å². The Hall–Kier alpha value is -1.10. The van der Waals surface area contributed by atoms with Crippen molar-refractivity contribution >= 4 is 17.3 Å². The Balaban J connectivity index is 1.80. The van der Waals surface area contributed by atoms with Crippen LogP contribution in [0.1, 0.15) is 54.8 Å². The van der Waals surface area contributed by atoms with Gasteiger partial charge in [0, 0.05) is 23.0 Å². The standard InChI is InChI=1S/C14H24N4S/c1-10(13-16-9-11(2)19-13)8-17-14(15)18-12-6-4-3-5-7-12/h9-10,12H,3-8H2,1-2H3,(H3,15,17,18). The van der Waals surface area contributed by atoms with Crippen LogP contribution in [0, 0.1) is 6.92 Å². The first-order chi connectivity index (χ1) is 9.15. The highest BCUT2D eigenvalue weighted by Crippen LogP contribution is 2.21. The number of nitrogens with two attached hydrogens (primary N) is 1. The highest BCUT2D eigenvalue weighted by Gasteiger charge is 2.14. The van der Waals surface area contributed by atoms with Crippen molar-refractivity contribution in [3.05, 3.63) is 16.1 Å². The van der Waals surface area contributed by atoms with E-state index in [9.17, 15) is 0 Å². The topological polar surface area (TPSA) is 63.3 Å². The minimum absolute atomic E-state index is 0.338. The molecule has 1 aromatic rings. The summed E-state index contributed by atoms with van der Waals surface area (Å²) in [6, 6.07) is 0.523. The van der Waals surface area contributed by atoms with E-state index in [4.69, 9.17) is 5.73 Å². The molecule has 106 valence electrons. The zero-order valence-corrected chi connectivity index (χ0v) is 12.7. The minimum atomic E-state index is 0.338. The molecule has 3 N–H and O–H groups in total. The maximum atomic E-state index is 5.96. The molecule has 4 nitrogen and oxygen atoms in total. The number of nitrogens with zero attached hydrogens (tertiary/aromatic N) is 2. The van der Waals surface area contributed by atoms with Gasteiger partial charge in [0.05, 0.1) is 11.6 Å². The molecular weight excluding hydrogens is 256 g/mol. The minimum Gasteiger partial charge on any atom is -0.370 e. The van der Waals surface area contributed by atoms with Gasteiger partial charge >= 0.3 is 0 Å². The van der Waals surface area contributed by atoms with E-state index in [1.165, 1.54) is 37.0 Å². The van der Waals surface area contributed by atoms with Gasteiger partial charge in [0.2, 0.25) is 0 Å².